The summed E-state index contributed by atoms with van der Waals surface area (Å²) in [4.78, 5) is 7.02. The maximum absolute atomic E-state index is 9.61. The lowest BCUT2D eigenvalue weighted by molar-refractivity contribution is 0.143. The molecule has 3 rings (SSSR count). The van der Waals surface area contributed by atoms with Crippen LogP contribution in [0.4, 0.5) is 0 Å². The Kier molecular flexibility index (Phi) is 2.40. The second kappa shape index (κ2) is 3.91. The zero-order chi connectivity index (χ0) is 11.0. The zero-order valence-electron chi connectivity index (χ0n) is 9.21. The fraction of sp³-hybridized carbons (Fsp3) is 0.462. The van der Waals surface area contributed by atoms with Crippen molar-refractivity contribution in [2.45, 2.75) is 25.0 Å². The van der Waals surface area contributed by atoms with Gasteiger partial charge >= 0.3 is 0 Å². The Labute approximate surface area is 95.4 Å². The third-order valence-corrected chi connectivity index (χ3v) is 3.40. The Balaban J connectivity index is 1.82. The van der Waals surface area contributed by atoms with Crippen molar-refractivity contribution in [3.8, 4) is 0 Å². The third-order valence-electron chi connectivity index (χ3n) is 3.40. The number of nitrogens with zero attached hydrogens (tertiary/aromatic N) is 2. The highest BCUT2D eigenvalue weighted by Crippen LogP contribution is 2.28. The van der Waals surface area contributed by atoms with Crippen molar-refractivity contribution in [3.63, 3.8) is 0 Å². The van der Waals surface area contributed by atoms with E-state index in [4.69, 9.17) is 4.99 Å². The molecule has 0 spiro atoms. The van der Waals surface area contributed by atoms with Gasteiger partial charge in [0.2, 0.25) is 0 Å². The van der Waals surface area contributed by atoms with Crippen molar-refractivity contribution >= 4 is 5.84 Å². The standard InChI is InChI=1S/C13H16N2O/c16-11-6-7-15-9-12(14-13(15)8-11)10-4-2-1-3-5-10/h1-5,11-12,16H,6-9H2. The molecule has 0 aromatic heterocycles. The van der Waals surface area contributed by atoms with Crippen molar-refractivity contribution in [3.05, 3.63) is 35.9 Å². The highest BCUT2D eigenvalue weighted by molar-refractivity contribution is 5.85. The molecule has 16 heavy (non-hydrogen) atoms. The molecule has 2 heterocycles. The Hall–Kier alpha value is -1.35. The number of piperidine rings is 1. The van der Waals surface area contributed by atoms with Crippen LogP contribution in [0.2, 0.25) is 0 Å². The van der Waals surface area contributed by atoms with Crippen molar-refractivity contribution in [1.82, 2.24) is 4.90 Å². The molecule has 3 heteroatoms. The van der Waals surface area contributed by atoms with Crippen molar-refractivity contribution in [2.75, 3.05) is 13.1 Å². The number of benzene rings is 1. The minimum absolute atomic E-state index is 0.190. The number of amidine groups is 1. The summed E-state index contributed by atoms with van der Waals surface area (Å²) in [6.07, 6.45) is 1.41. The van der Waals surface area contributed by atoms with Crippen LogP contribution in [0.5, 0.6) is 0 Å². The number of fused-ring (bicyclic) bond motifs is 1. The van der Waals surface area contributed by atoms with Gasteiger partial charge in [-0.1, -0.05) is 30.3 Å². The van der Waals surface area contributed by atoms with E-state index in [1.807, 2.05) is 6.07 Å². The van der Waals surface area contributed by atoms with Crippen molar-refractivity contribution in [2.24, 2.45) is 4.99 Å². The van der Waals surface area contributed by atoms with E-state index < -0.39 is 0 Å². The van der Waals surface area contributed by atoms with Crippen LogP contribution in [0.15, 0.2) is 35.3 Å². The monoisotopic (exact) mass is 216 g/mol. The molecule has 0 aliphatic carbocycles. The van der Waals surface area contributed by atoms with Gasteiger partial charge in [0.1, 0.15) is 5.84 Å². The van der Waals surface area contributed by atoms with E-state index in [1.165, 1.54) is 5.56 Å². The topological polar surface area (TPSA) is 35.8 Å². The first kappa shape index (κ1) is 9.85. The fourth-order valence-corrected chi connectivity index (χ4v) is 2.49. The first-order valence-electron chi connectivity index (χ1n) is 5.87. The van der Waals surface area contributed by atoms with Crippen molar-refractivity contribution in [1.29, 1.82) is 0 Å². The van der Waals surface area contributed by atoms with Crippen LogP contribution in [0.1, 0.15) is 24.4 Å². The number of aliphatic hydroxyl groups is 1. The van der Waals surface area contributed by atoms with Gasteiger partial charge in [-0.05, 0) is 12.0 Å². The summed E-state index contributed by atoms with van der Waals surface area (Å²) in [6, 6.07) is 10.7. The number of aliphatic imine (C=N–C) groups is 1. The molecule has 2 unspecified atom stereocenters. The van der Waals surface area contributed by atoms with Gasteiger partial charge in [-0.2, -0.15) is 0 Å². The summed E-state index contributed by atoms with van der Waals surface area (Å²) >= 11 is 0. The predicted molar refractivity (Wildman–Crippen MR) is 63.4 cm³/mol. The smallest absolute Gasteiger partial charge is 0.102 e. The molecule has 1 saturated heterocycles. The molecule has 1 aromatic carbocycles. The van der Waals surface area contributed by atoms with Gasteiger partial charge < -0.3 is 10.0 Å². The molecule has 84 valence electrons. The second-order valence-corrected chi connectivity index (χ2v) is 4.56. The minimum atomic E-state index is -0.190. The second-order valence-electron chi connectivity index (χ2n) is 4.56. The van der Waals surface area contributed by atoms with E-state index >= 15 is 0 Å². The molecule has 2 aliphatic rings. The molecule has 1 N–H and O–H groups in total. The molecule has 0 radical (unpaired) electrons. The zero-order valence-corrected chi connectivity index (χ0v) is 9.21. The lowest BCUT2D eigenvalue weighted by Gasteiger charge is -2.28. The van der Waals surface area contributed by atoms with Crippen LogP contribution in [0.3, 0.4) is 0 Å². The lowest BCUT2D eigenvalue weighted by atomic mass is 10.1. The Morgan fingerprint density at radius 2 is 2.06 bits per heavy atom. The molecular weight excluding hydrogens is 200 g/mol. The van der Waals surface area contributed by atoms with Crippen LogP contribution < -0.4 is 0 Å². The largest absolute Gasteiger partial charge is 0.393 e. The van der Waals surface area contributed by atoms with E-state index in [0.29, 0.717) is 0 Å². The van der Waals surface area contributed by atoms with Crippen LogP contribution in [0.25, 0.3) is 0 Å². The highest BCUT2D eigenvalue weighted by Gasteiger charge is 2.30. The van der Waals surface area contributed by atoms with E-state index in [2.05, 4.69) is 29.2 Å². The van der Waals surface area contributed by atoms with Gasteiger partial charge in [0, 0.05) is 19.5 Å². The minimum Gasteiger partial charge on any atom is -0.393 e. The number of rotatable bonds is 1. The van der Waals surface area contributed by atoms with Gasteiger partial charge in [-0.3, -0.25) is 4.99 Å². The molecule has 0 saturated carbocycles. The Morgan fingerprint density at radius 1 is 1.25 bits per heavy atom. The summed E-state index contributed by atoms with van der Waals surface area (Å²) in [5.74, 6) is 1.09. The van der Waals surface area contributed by atoms with Gasteiger partial charge in [-0.15, -0.1) is 0 Å². The quantitative estimate of drug-likeness (QED) is 0.774. The van der Waals surface area contributed by atoms with Crippen LogP contribution in [0, 0.1) is 0 Å². The molecule has 1 aromatic rings. The van der Waals surface area contributed by atoms with E-state index in [1.54, 1.807) is 0 Å². The van der Waals surface area contributed by atoms with Gasteiger partial charge in [0.05, 0.1) is 12.1 Å². The molecule has 2 atom stereocenters. The molecule has 0 bridgehead atoms. The lowest BCUT2D eigenvalue weighted by Crippen LogP contribution is -2.38. The van der Waals surface area contributed by atoms with Crippen LogP contribution in [-0.4, -0.2) is 35.0 Å². The predicted octanol–water partition coefficient (Wildman–Crippen LogP) is 1.60. The molecule has 2 aliphatic heterocycles. The fourth-order valence-electron chi connectivity index (χ4n) is 2.49. The van der Waals surface area contributed by atoms with Gasteiger partial charge in [0.15, 0.2) is 0 Å². The highest BCUT2D eigenvalue weighted by atomic mass is 16.3. The maximum atomic E-state index is 9.61. The first-order valence-corrected chi connectivity index (χ1v) is 5.87. The summed E-state index contributed by atoms with van der Waals surface area (Å²) < 4.78 is 0. The maximum Gasteiger partial charge on any atom is 0.102 e. The van der Waals surface area contributed by atoms with E-state index in [9.17, 15) is 5.11 Å². The summed E-state index contributed by atoms with van der Waals surface area (Å²) in [6.45, 7) is 1.93. The van der Waals surface area contributed by atoms with Gasteiger partial charge in [-0.25, -0.2) is 0 Å². The third kappa shape index (κ3) is 1.71. The number of aliphatic hydroxyl groups excluding tert-OH is 1. The van der Waals surface area contributed by atoms with E-state index in [-0.39, 0.29) is 12.1 Å². The first-order chi connectivity index (χ1) is 7.83. The van der Waals surface area contributed by atoms with E-state index in [0.717, 1.165) is 31.8 Å². The Bertz CT molecular complexity index is 402. The molecule has 3 nitrogen and oxygen atoms in total. The van der Waals surface area contributed by atoms with Crippen LogP contribution in [-0.2, 0) is 0 Å². The number of hydrogen-bond donors (Lipinski definition) is 1. The summed E-state index contributed by atoms with van der Waals surface area (Å²) in [7, 11) is 0. The summed E-state index contributed by atoms with van der Waals surface area (Å²) in [5, 5.41) is 9.61. The number of hydrogen-bond acceptors (Lipinski definition) is 3. The van der Waals surface area contributed by atoms with Crippen molar-refractivity contribution < 1.29 is 5.11 Å². The Morgan fingerprint density at radius 3 is 2.88 bits per heavy atom. The van der Waals surface area contributed by atoms with Crippen LogP contribution >= 0.6 is 0 Å². The van der Waals surface area contributed by atoms with Gasteiger partial charge in [0.25, 0.3) is 0 Å². The SMILES string of the molecule is OC1CCN2CC(c3ccccc3)N=C2C1. The average molecular weight is 216 g/mol. The molecule has 1 fully saturated rings. The normalized spacial score (nSPS) is 28.8. The molecule has 0 amide bonds. The molecular formula is C13H16N2O. The summed E-state index contributed by atoms with van der Waals surface area (Å²) in [5.41, 5.74) is 1.28. The average Bonchev–Trinajstić information content (AvgIpc) is 2.73.